The van der Waals surface area contributed by atoms with Crippen molar-refractivity contribution in [1.29, 1.82) is 0 Å². The van der Waals surface area contributed by atoms with Crippen molar-refractivity contribution in [2.75, 3.05) is 6.61 Å². The van der Waals surface area contributed by atoms with Crippen LogP contribution in [-0.4, -0.2) is 23.2 Å². The third kappa shape index (κ3) is 4.82. The molecule has 1 amide bonds. The van der Waals surface area contributed by atoms with Gasteiger partial charge in [-0.1, -0.05) is 36.2 Å². The van der Waals surface area contributed by atoms with Gasteiger partial charge in [-0.2, -0.15) is 0 Å². The van der Waals surface area contributed by atoms with Crippen LogP contribution in [0.2, 0.25) is 10.0 Å². The van der Waals surface area contributed by atoms with Crippen LogP contribution in [0.1, 0.15) is 32.3 Å². The Kier molecular flexibility index (Phi) is 6.53. The van der Waals surface area contributed by atoms with Gasteiger partial charge in [0.1, 0.15) is 0 Å². The largest absolute Gasteiger partial charge is 0.396 e. The Balaban J connectivity index is 2.78. The smallest absolute Gasteiger partial charge is 0.244 e. The summed E-state index contributed by atoms with van der Waals surface area (Å²) in [7, 11) is 0. The Bertz CT molecular complexity index is 482. The van der Waals surface area contributed by atoms with Crippen molar-refractivity contribution < 1.29 is 9.90 Å². The van der Waals surface area contributed by atoms with Crippen LogP contribution in [-0.2, 0) is 4.79 Å². The number of carbonyl (C=O) groups excluding carboxylic acids is 1. The van der Waals surface area contributed by atoms with E-state index in [2.05, 4.69) is 5.32 Å². The Morgan fingerprint density at radius 1 is 1.40 bits per heavy atom. The van der Waals surface area contributed by atoms with Gasteiger partial charge in [0.25, 0.3) is 0 Å². The van der Waals surface area contributed by atoms with E-state index in [9.17, 15) is 4.79 Å². The molecule has 1 atom stereocenters. The van der Waals surface area contributed by atoms with Gasteiger partial charge in [-0.15, -0.1) is 0 Å². The molecule has 0 radical (unpaired) electrons. The van der Waals surface area contributed by atoms with Crippen LogP contribution in [0.25, 0.3) is 6.08 Å². The van der Waals surface area contributed by atoms with E-state index in [0.29, 0.717) is 22.0 Å². The molecular weight excluding hydrogens is 297 g/mol. The highest BCUT2D eigenvalue weighted by Crippen LogP contribution is 2.25. The normalized spacial score (nSPS) is 14.2. The number of hydrogen-bond acceptors (Lipinski definition) is 2. The first kappa shape index (κ1) is 17.0. The van der Waals surface area contributed by atoms with Gasteiger partial charge in [0.05, 0.1) is 0 Å². The van der Waals surface area contributed by atoms with Crippen molar-refractivity contribution in [3.63, 3.8) is 0 Å². The lowest BCUT2D eigenvalue weighted by Gasteiger charge is -2.28. The van der Waals surface area contributed by atoms with Crippen molar-refractivity contribution in [2.24, 2.45) is 0 Å². The van der Waals surface area contributed by atoms with E-state index in [1.807, 2.05) is 13.8 Å². The number of halogens is 2. The van der Waals surface area contributed by atoms with Gasteiger partial charge >= 0.3 is 0 Å². The van der Waals surface area contributed by atoms with Crippen LogP contribution >= 0.6 is 23.2 Å². The Hall–Kier alpha value is -1.03. The average molecular weight is 316 g/mol. The zero-order chi connectivity index (χ0) is 15.2. The van der Waals surface area contributed by atoms with E-state index in [-0.39, 0.29) is 12.5 Å². The van der Waals surface area contributed by atoms with Gasteiger partial charge in [-0.3, -0.25) is 4.79 Å². The summed E-state index contributed by atoms with van der Waals surface area (Å²) < 4.78 is 0. The van der Waals surface area contributed by atoms with Gasteiger partial charge < -0.3 is 10.4 Å². The number of hydrogen-bond donors (Lipinski definition) is 2. The number of amides is 1. The molecule has 0 fully saturated rings. The molecule has 1 aromatic carbocycles. The zero-order valence-corrected chi connectivity index (χ0v) is 13.1. The number of benzene rings is 1. The van der Waals surface area contributed by atoms with Crippen molar-refractivity contribution in [1.82, 2.24) is 5.32 Å². The third-order valence-electron chi connectivity index (χ3n) is 3.27. The van der Waals surface area contributed by atoms with E-state index < -0.39 is 5.54 Å². The van der Waals surface area contributed by atoms with Crippen molar-refractivity contribution in [3.05, 3.63) is 39.9 Å². The summed E-state index contributed by atoms with van der Waals surface area (Å²) in [5.41, 5.74) is 0.201. The second kappa shape index (κ2) is 7.67. The Morgan fingerprint density at radius 2 is 2.00 bits per heavy atom. The SMILES string of the molecule is CCC(C)(CCO)NC(=O)/C=C/c1c(Cl)cccc1Cl. The zero-order valence-electron chi connectivity index (χ0n) is 11.6. The van der Waals surface area contributed by atoms with E-state index in [0.717, 1.165) is 6.42 Å². The summed E-state index contributed by atoms with van der Waals surface area (Å²) in [5, 5.41) is 12.9. The van der Waals surface area contributed by atoms with Crippen LogP contribution in [0.5, 0.6) is 0 Å². The fraction of sp³-hybridized carbons (Fsp3) is 0.400. The lowest BCUT2D eigenvalue weighted by molar-refractivity contribution is -0.118. The van der Waals surface area contributed by atoms with Gasteiger partial charge in [0, 0.05) is 33.8 Å². The molecule has 0 aliphatic rings. The van der Waals surface area contributed by atoms with Crippen molar-refractivity contribution >= 4 is 35.2 Å². The molecule has 3 nitrogen and oxygen atoms in total. The monoisotopic (exact) mass is 315 g/mol. The maximum Gasteiger partial charge on any atom is 0.244 e. The highest BCUT2D eigenvalue weighted by molar-refractivity contribution is 6.37. The number of aliphatic hydroxyl groups excluding tert-OH is 1. The molecule has 20 heavy (non-hydrogen) atoms. The maximum atomic E-state index is 11.9. The number of rotatable bonds is 6. The molecule has 0 saturated heterocycles. The summed E-state index contributed by atoms with van der Waals surface area (Å²) in [6.07, 6.45) is 4.24. The first-order valence-electron chi connectivity index (χ1n) is 6.47. The second-order valence-corrected chi connectivity index (χ2v) is 5.66. The van der Waals surface area contributed by atoms with Crippen LogP contribution in [0.15, 0.2) is 24.3 Å². The summed E-state index contributed by atoms with van der Waals surface area (Å²) >= 11 is 12.0. The topological polar surface area (TPSA) is 49.3 Å². The predicted octanol–water partition coefficient (Wildman–Crippen LogP) is 3.67. The molecule has 0 aromatic heterocycles. The number of carbonyl (C=O) groups is 1. The minimum Gasteiger partial charge on any atom is -0.396 e. The molecule has 0 heterocycles. The minimum absolute atomic E-state index is 0.0324. The molecule has 0 aliphatic heterocycles. The quantitative estimate of drug-likeness (QED) is 0.787. The van der Waals surface area contributed by atoms with Crippen LogP contribution in [0.3, 0.4) is 0 Å². The standard InChI is InChI=1S/C15H19Cl2NO2/c1-3-15(2,9-10-19)18-14(20)8-7-11-12(16)5-4-6-13(11)17/h4-8,19H,3,9-10H2,1-2H3,(H,18,20)/b8-7+. The van der Waals surface area contributed by atoms with Crippen LogP contribution in [0, 0.1) is 0 Å². The first-order valence-corrected chi connectivity index (χ1v) is 7.22. The maximum absolute atomic E-state index is 11.9. The molecule has 2 N–H and O–H groups in total. The highest BCUT2D eigenvalue weighted by atomic mass is 35.5. The van der Waals surface area contributed by atoms with Gasteiger partial charge in [0.15, 0.2) is 0 Å². The molecule has 1 rings (SSSR count). The molecule has 1 unspecified atom stereocenters. The highest BCUT2D eigenvalue weighted by Gasteiger charge is 2.22. The van der Waals surface area contributed by atoms with Crippen LogP contribution < -0.4 is 5.32 Å². The van der Waals surface area contributed by atoms with Gasteiger partial charge in [-0.25, -0.2) is 0 Å². The summed E-state index contributed by atoms with van der Waals surface area (Å²) in [5.74, 6) is -0.237. The van der Waals surface area contributed by atoms with Gasteiger partial charge in [0.2, 0.25) is 5.91 Å². The number of aliphatic hydroxyl groups is 1. The average Bonchev–Trinajstić information content (AvgIpc) is 2.38. The molecule has 5 heteroatoms. The lowest BCUT2D eigenvalue weighted by Crippen LogP contribution is -2.45. The summed E-state index contributed by atoms with van der Waals surface area (Å²) in [4.78, 5) is 11.9. The molecular formula is C15H19Cl2NO2. The lowest BCUT2D eigenvalue weighted by atomic mass is 9.95. The molecule has 110 valence electrons. The van der Waals surface area contributed by atoms with E-state index in [1.165, 1.54) is 6.08 Å². The fourth-order valence-corrected chi connectivity index (χ4v) is 2.27. The molecule has 0 aliphatic carbocycles. The van der Waals surface area contributed by atoms with Gasteiger partial charge in [-0.05, 0) is 38.0 Å². The van der Waals surface area contributed by atoms with Crippen LogP contribution in [0.4, 0.5) is 0 Å². The molecule has 0 bridgehead atoms. The van der Waals surface area contributed by atoms with Crippen molar-refractivity contribution in [3.8, 4) is 0 Å². The third-order valence-corrected chi connectivity index (χ3v) is 3.93. The minimum atomic E-state index is -0.416. The van der Waals surface area contributed by atoms with E-state index in [1.54, 1.807) is 24.3 Å². The Labute approximate surface area is 129 Å². The Morgan fingerprint density at radius 3 is 2.50 bits per heavy atom. The van der Waals surface area contributed by atoms with E-state index in [4.69, 9.17) is 28.3 Å². The molecule has 1 aromatic rings. The number of nitrogens with one attached hydrogen (secondary N) is 1. The second-order valence-electron chi connectivity index (χ2n) is 4.85. The molecule has 0 spiro atoms. The van der Waals surface area contributed by atoms with Crippen molar-refractivity contribution in [2.45, 2.75) is 32.2 Å². The first-order chi connectivity index (χ1) is 9.41. The predicted molar refractivity (Wildman–Crippen MR) is 84.0 cm³/mol. The van der Waals surface area contributed by atoms with E-state index >= 15 is 0 Å². The fourth-order valence-electron chi connectivity index (χ4n) is 1.74. The summed E-state index contributed by atoms with van der Waals surface area (Å²) in [6, 6.07) is 5.18. The summed E-state index contributed by atoms with van der Waals surface area (Å²) in [6.45, 7) is 3.90. The molecule has 0 saturated carbocycles.